The van der Waals surface area contributed by atoms with Crippen LogP contribution >= 0.6 is 11.6 Å². The Morgan fingerprint density at radius 3 is 2.31 bits per heavy atom. The third kappa shape index (κ3) is 2.46. The van der Waals surface area contributed by atoms with Crippen molar-refractivity contribution in [3.63, 3.8) is 0 Å². The Balaban J connectivity index is 0.000000606. The zero-order valence-electron chi connectivity index (χ0n) is 9.52. The van der Waals surface area contributed by atoms with Crippen LogP contribution in [0.25, 0.3) is 0 Å². The highest BCUT2D eigenvalue weighted by Crippen LogP contribution is 2.57. The van der Waals surface area contributed by atoms with Crippen LogP contribution in [0.3, 0.4) is 0 Å². The normalized spacial score (nSPS) is 21.0. The first-order valence-electron chi connectivity index (χ1n) is 5.28. The average Bonchev–Trinajstić information content (AvgIpc) is 2.84. The Labute approximate surface area is 99.0 Å². The summed E-state index contributed by atoms with van der Waals surface area (Å²) >= 11 is 5.77. The summed E-state index contributed by atoms with van der Waals surface area (Å²) in [6.45, 7) is 5.66. The molecule has 1 nitrogen and oxygen atoms in total. The smallest absolute Gasteiger partial charge is 0.255 e. The van der Waals surface area contributed by atoms with Crippen LogP contribution in [0.2, 0.25) is 5.02 Å². The fourth-order valence-electron chi connectivity index (χ4n) is 1.51. The molecule has 1 fully saturated rings. The number of rotatable bonds is 1. The molecular weight excluding hydrogens is 234 g/mol. The van der Waals surface area contributed by atoms with Crippen molar-refractivity contribution in [2.24, 2.45) is 0 Å². The van der Waals surface area contributed by atoms with Crippen LogP contribution in [-0.4, -0.2) is 11.0 Å². The summed E-state index contributed by atoms with van der Waals surface area (Å²) in [5, 5.41) is 9.50. The van der Waals surface area contributed by atoms with E-state index in [1.54, 1.807) is 6.92 Å². The van der Waals surface area contributed by atoms with Crippen molar-refractivity contribution in [2.75, 3.05) is 0 Å². The van der Waals surface area contributed by atoms with Crippen molar-refractivity contribution in [1.82, 2.24) is 0 Å². The second-order valence-corrected chi connectivity index (χ2v) is 4.09. The summed E-state index contributed by atoms with van der Waals surface area (Å²) in [4.78, 5) is 0. The number of hydrogen-bond acceptors (Lipinski definition) is 1. The van der Waals surface area contributed by atoms with Crippen molar-refractivity contribution in [3.05, 3.63) is 28.3 Å². The Morgan fingerprint density at radius 1 is 1.38 bits per heavy atom. The predicted octanol–water partition coefficient (Wildman–Crippen LogP) is 4.50. The van der Waals surface area contributed by atoms with Gasteiger partial charge < -0.3 is 5.11 Å². The van der Waals surface area contributed by atoms with Gasteiger partial charge in [0.1, 0.15) is 5.75 Å². The van der Waals surface area contributed by atoms with Gasteiger partial charge in [-0.1, -0.05) is 31.5 Å². The summed E-state index contributed by atoms with van der Waals surface area (Å²) in [6, 6.07) is 2.85. The number of aryl methyl sites for hydroxylation is 1. The SMILES string of the molecule is CC.Cc1cc(C2CC2(F)F)c(Cl)cc1O. The van der Waals surface area contributed by atoms with Crippen LogP contribution < -0.4 is 0 Å². The molecule has 16 heavy (non-hydrogen) atoms. The second kappa shape index (κ2) is 4.58. The number of phenols is 1. The van der Waals surface area contributed by atoms with Crippen molar-refractivity contribution >= 4 is 11.6 Å². The Bertz CT molecular complexity index is 391. The zero-order chi connectivity index (χ0) is 12.5. The summed E-state index contributed by atoms with van der Waals surface area (Å²) in [7, 11) is 0. The second-order valence-electron chi connectivity index (χ2n) is 3.68. The molecule has 1 aromatic rings. The van der Waals surface area contributed by atoms with Gasteiger partial charge in [-0.15, -0.1) is 0 Å². The summed E-state index contributed by atoms with van der Waals surface area (Å²) in [5.41, 5.74) is 1.01. The lowest BCUT2D eigenvalue weighted by molar-refractivity contribution is 0.112. The molecule has 2 rings (SSSR count). The molecule has 1 N–H and O–H groups in total. The molecule has 0 amide bonds. The first-order valence-corrected chi connectivity index (χ1v) is 5.66. The van der Waals surface area contributed by atoms with E-state index in [9.17, 15) is 13.9 Å². The molecule has 0 bridgehead atoms. The minimum atomic E-state index is -2.62. The van der Waals surface area contributed by atoms with Gasteiger partial charge in [-0.2, -0.15) is 0 Å². The minimum absolute atomic E-state index is 0.0442. The zero-order valence-corrected chi connectivity index (χ0v) is 10.3. The first-order chi connectivity index (χ1) is 7.42. The largest absolute Gasteiger partial charge is 0.508 e. The van der Waals surface area contributed by atoms with Gasteiger partial charge in [0.25, 0.3) is 5.92 Å². The van der Waals surface area contributed by atoms with Gasteiger partial charge in [0, 0.05) is 11.4 Å². The van der Waals surface area contributed by atoms with Crippen LogP contribution in [0.15, 0.2) is 12.1 Å². The molecule has 1 atom stereocenters. The van der Waals surface area contributed by atoms with Gasteiger partial charge in [0.05, 0.1) is 5.92 Å². The van der Waals surface area contributed by atoms with Gasteiger partial charge in [-0.3, -0.25) is 0 Å². The molecule has 1 aromatic carbocycles. The summed E-state index contributed by atoms with van der Waals surface area (Å²) < 4.78 is 25.5. The Hall–Kier alpha value is -0.830. The van der Waals surface area contributed by atoms with Crippen LogP contribution in [0.5, 0.6) is 5.75 Å². The molecule has 1 unspecified atom stereocenters. The topological polar surface area (TPSA) is 20.2 Å². The van der Waals surface area contributed by atoms with Crippen molar-refractivity contribution in [2.45, 2.75) is 39.0 Å². The van der Waals surface area contributed by atoms with Gasteiger partial charge in [0.2, 0.25) is 0 Å². The van der Waals surface area contributed by atoms with Gasteiger partial charge in [-0.25, -0.2) is 8.78 Å². The monoisotopic (exact) mass is 248 g/mol. The number of hydrogen-bond donors (Lipinski definition) is 1. The minimum Gasteiger partial charge on any atom is -0.508 e. The fraction of sp³-hybridized carbons (Fsp3) is 0.500. The maximum absolute atomic E-state index is 12.8. The lowest BCUT2D eigenvalue weighted by Gasteiger charge is -2.06. The molecule has 90 valence electrons. The lowest BCUT2D eigenvalue weighted by atomic mass is 10.1. The van der Waals surface area contributed by atoms with E-state index in [2.05, 4.69) is 0 Å². The average molecular weight is 249 g/mol. The summed E-state index contributed by atoms with van der Waals surface area (Å²) in [6.07, 6.45) is -0.142. The molecule has 0 spiro atoms. The van der Waals surface area contributed by atoms with Crippen molar-refractivity contribution in [3.8, 4) is 5.75 Å². The first kappa shape index (κ1) is 13.2. The standard InChI is InChI=1S/C10H9ClF2O.C2H6/c1-5-2-6(7-4-10(7,12)13)8(11)3-9(5)14;1-2/h2-3,7,14H,4H2,1H3;1-2H3. The third-order valence-electron chi connectivity index (χ3n) is 2.52. The van der Waals surface area contributed by atoms with E-state index in [0.717, 1.165) is 0 Å². The molecule has 0 saturated heterocycles. The van der Waals surface area contributed by atoms with Crippen LogP contribution in [0.1, 0.15) is 37.3 Å². The van der Waals surface area contributed by atoms with Crippen LogP contribution in [0.4, 0.5) is 8.78 Å². The molecule has 1 saturated carbocycles. The molecule has 1 aliphatic carbocycles. The van der Waals surface area contributed by atoms with Gasteiger partial charge in [0.15, 0.2) is 0 Å². The molecule has 0 radical (unpaired) electrons. The predicted molar refractivity (Wildman–Crippen MR) is 61.5 cm³/mol. The lowest BCUT2D eigenvalue weighted by Crippen LogP contribution is -1.94. The van der Waals surface area contributed by atoms with E-state index in [-0.39, 0.29) is 17.2 Å². The maximum atomic E-state index is 12.8. The van der Waals surface area contributed by atoms with Crippen LogP contribution in [-0.2, 0) is 0 Å². The number of aromatic hydroxyl groups is 1. The summed E-state index contributed by atoms with van der Waals surface area (Å²) in [5.74, 6) is -3.34. The van der Waals surface area contributed by atoms with Crippen molar-refractivity contribution < 1.29 is 13.9 Å². The van der Waals surface area contributed by atoms with E-state index in [1.165, 1.54) is 12.1 Å². The quantitative estimate of drug-likeness (QED) is 0.776. The molecule has 4 heteroatoms. The molecule has 0 heterocycles. The third-order valence-corrected chi connectivity index (χ3v) is 2.84. The highest BCUT2D eigenvalue weighted by Gasteiger charge is 2.58. The van der Waals surface area contributed by atoms with E-state index < -0.39 is 11.8 Å². The Kier molecular flexibility index (Phi) is 3.79. The number of benzene rings is 1. The van der Waals surface area contributed by atoms with E-state index in [4.69, 9.17) is 11.6 Å². The van der Waals surface area contributed by atoms with E-state index in [0.29, 0.717) is 11.1 Å². The van der Waals surface area contributed by atoms with Crippen LogP contribution in [0, 0.1) is 6.92 Å². The molecular formula is C12H15ClF2O. The number of phenolic OH excluding ortho intramolecular Hbond substituents is 1. The van der Waals surface area contributed by atoms with E-state index >= 15 is 0 Å². The number of alkyl halides is 2. The highest BCUT2D eigenvalue weighted by molar-refractivity contribution is 6.31. The van der Waals surface area contributed by atoms with Gasteiger partial charge >= 0.3 is 0 Å². The number of halogens is 3. The molecule has 0 aromatic heterocycles. The Morgan fingerprint density at radius 2 is 1.88 bits per heavy atom. The molecule has 0 aliphatic heterocycles. The highest BCUT2D eigenvalue weighted by atomic mass is 35.5. The maximum Gasteiger partial charge on any atom is 0.255 e. The fourth-order valence-corrected chi connectivity index (χ4v) is 1.80. The van der Waals surface area contributed by atoms with Gasteiger partial charge in [-0.05, 0) is 24.1 Å². The van der Waals surface area contributed by atoms with Crippen molar-refractivity contribution in [1.29, 1.82) is 0 Å². The van der Waals surface area contributed by atoms with E-state index in [1.807, 2.05) is 13.8 Å². The molecule has 1 aliphatic rings.